The molecule has 35 heavy (non-hydrogen) atoms. The van der Waals surface area contributed by atoms with Crippen LogP contribution in [0.3, 0.4) is 0 Å². The molecule has 0 saturated carbocycles. The third-order valence-corrected chi connectivity index (χ3v) is 7.45. The number of rotatable bonds is 4. The monoisotopic (exact) mass is 451 g/mol. The highest BCUT2D eigenvalue weighted by atomic mass is 14.7. The van der Waals surface area contributed by atoms with Gasteiger partial charge in [-0.1, -0.05) is 112 Å². The summed E-state index contributed by atoms with van der Waals surface area (Å²) < 4.78 is 0. The first-order valence-corrected chi connectivity index (χ1v) is 12.5. The van der Waals surface area contributed by atoms with Gasteiger partial charge in [-0.3, -0.25) is 0 Å². The number of pyridine rings is 1. The van der Waals surface area contributed by atoms with Crippen molar-refractivity contribution in [3.8, 4) is 44.8 Å². The summed E-state index contributed by atoms with van der Waals surface area (Å²) in [4.78, 5) is 5.15. The van der Waals surface area contributed by atoms with Gasteiger partial charge < -0.3 is 0 Å². The molecule has 1 aliphatic rings. The smallest absolute Gasteiger partial charge is 0.0715 e. The standard InChI is InChI=1S/C34H29N/c1-4-23-15-17-28-29-18-16-26(20-31(29)34(2,3)30(28)19-23)33-22-27(24-11-7-5-8-12-24)21-32(35-33)25-13-9-6-10-14-25/h5-22H,4H2,1-3H3. The summed E-state index contributed by atoms with van der Waals surface area (Å²) in [5.74, 6) is 0. The molecule has 1 aliphatic carbocycles. The molecule has 0 unspecified atom stereocenters. The molecule has 0 bridgehead atoms. The van der Waals surface area contributed by atoms with Crippen molar-refractivity contribution in [2.75, 3.05) is 0 Å². The minimum atomic E-state index is -0.0366. The van der Waals surface area contributed by atoms with Crippen molar-refractivity contribution >= 4 is 0 Å². The van der Waals surface area contributed by atoms with E-state index < -0.39 is 0 Å². The van der Waals surface area contributed by atoms with Gasteiger partial charge in [0.1, 0.15) is 0 Å². The van der Waals surface area contributed by atoms with Crippen LogP contribution in [0.4, 0.5) is 0 Å². The van der Waals surface area contributed by atoms with E-state index in [4.69, 9.17) is 4.98 Å². The fourth-order valence-corrected chi connectivity index (χ4v) is 5.40. The molecule has 0 aliphatic heterocycles. The maximum atomic E-state index is 5.15. The van der Waals surface area contributed by atoms with E-state index in [0.29, 0.717) is 0 Å². The minimum Gasteiger partial charge on any atom is -0.248 e. The van der Waals surface area contributed by atoms with Crippen LogP contribution < -0.4 is 0 Å². The van der Waals surface area contributed by atoms with Gasteiger partial charge in [0.05, 0.1) is 11.4 Å². The van der Waals surface area contributed by atoms with Crippen LogP contribution in [0.15, 0.2) is 109 Å². The topological polar surface area (TPSA) is 12.9 Å². The lowest BCUT2D eigenvalue weighted by molar-refractivity contribution is 0.659. The van der Waals surface area contributed by atoms with Gasteiger partial charge >= 0.3 is 0 Å². The van der Waals surface area contributed by atoms with Gasteiger partial charge in [0.2, 0.25) is 0 Å². The third-order valence-electron chi connectivity index (χ3n) is 7.45. The fourth-order valence-electron chi connectivity index (χ4n) is 5.40. The molecule has 0 saturated heterocycles. The molecule has 0 amide bonds. The van der Waals surface area contributed by atoms with Crippen molar-refractivity contribution in [2.45, 2.75) is 32.6 Å². The Kier molecular flexibility index (Phi) is 5.15. The first kappa shape index (κ1) is 21.6. The Morgan fingerprint density at radius 3 is 1.77 bits per heavy atom. The predicted molar refractivity (Wildman–Crippen MR) is 147 cm³/mol. The van der Waals surface area contributed by atoms with Crippen molar-refractivity contribution in [3.63, 3.8) is 0 Å². The molecule has 0 N–H and O–H groups in total. The van der Waals surface area contributed by atoms with Gasteiger partial charge in [0.15, 0.2) is 0 Å². The van der Waals surface area contributed by atoms with Gasteiger partial charge in [0.25, 0.3) is 0 Å². The molecule has 1 nitrogen and oxygen atoms in total. The van der Waals surface area contributed by atoms with Crippen molar-refractivity contribution in [1.82, 2.24) is 4.98 Å². The van der Waals surface area contributed by atoms with Crippen LogP contribution in [0, 0.1) is 0 Å². The van der Waals surface area contributed by atoms with Gasteiger partial charge in [-0.2, -0.15) is 0 Å². The zero-order valence-electron chi connectivity index (χ0n) is 20.5. The van der Waals surface area contributed by atoms with E-state index in [1.165, 1.54) is 38.9 Å². The molecule has 1 heteroatoms. The summed E-state index contributed by atoms with van der Waals surface area (Å²) in [6.45, 7) is 6.93. The van der Waals surface area contributed by atoms with E-state index in [2.05, 4.69) is 130 Å². The van der Waals surface area contributed by atoms with E-state index in [1.54, 1.807) is 0 Å². The number of nitrogens with zero attached hydrogens (tertiary/aromatic N) is 1. The highest BCUT2D eigenvalue weighted by Gasteiger charge is 2.35. The maximum absolute atomic E-state index is 5.15. The molecule has 5 aromatic rings. The lowest BCUT2D eigenvalue weighted by Crippen LogP contribution is -2.15. The second-order valence-electron chi connectivity index (χ2n) is 9.98. The molecule has 0 radical (unpaired) electrons. The second kappa shape index (κ2) is 8.36. The number of aryl methyl sites for hydroxylation is 1. The molecule has 1 aromatic heterocycles. The van der Waals surface area contributed by atoms with E-state index in [0.717, 1.165) is 28.9 Å². The summed E-state index contributed by atoms with van der Waals surface area (Å²) in [6, 6.07) is 39.4. The van der Waals surface area contributed by atoms with E-state index in [9.17, 15) is 0 Å². The highest BCUT2D eigenvalue weighted by molar-refractivity contribution is 5.84. The largest absolute Gasteiger partial charge is 0.248 e. The van der Waals surface area contributed by atoms with E-state index in [1.807, 2.05) is 0 Å². The van der Waals surface area contributed by atoms with E-state index >= 15 is 0 Å². The zero-order valence-corrected chi connectivity index (χ0v) is 20.5. The van der Waals surface area contributed by atoms with Gasteiger partial charge in [-0.25, -0.2) is 4.98 Å². The lowest BCUT2D eigenvalue weighted by atomic mass is 9.81. The Morgan fingerprint density at radius 1 is 0.543 bits per heavy atom. The summed E-state index contributed by atoms with van der Waals surface area (Å²) in [5.41, 5.74) is 13.6. The summed E-state index contributed by atoms with van der Waals surface area (Å²) in [6.07, 6.45) is 1.06. The van der Waals surface area contributed by atoms with Crippen molar-refractivity contribution in [3.05, 3.63) is 126 Å². The molecular weight excluding hydrogens is 422 g/mol. The molecule has 6 rings (SSSR count). The van der Waals surface area contributed by atoms with Gasteiger partial charge in [-0.15, -0.1) is 0 Å². The molecule has 4 aromatic carbocycles. The van der Waals surface area contributed by atoms with Crippen LogP contribution in [0.1, 0.15) is 37.5 Å². The zero-order chi connectivity index (χ0) is 24.0. The van der Waals surface area contributed by atoms with Crippen LogP contribution in [-0.4, -0.2) is 4.98 Å². The van der Waals surface area contributed by atoms with E-state index in [-0.39, 0.29) is 5.41 Å². The second-order valence-corrected chi connectivity index (χ2v) is 9.98. The molecule has 0 fully saturated rings. The number of hydrogen-bond donors (Lipinski definition) is 0. The van der Waals surface area contributed by atoms with Gasteiger partial charge in [0, 0.05) is 16.5 Å². The molecule has 0 spiro atoms. The number of fused-ring (bicyclic) bond motifs is 3. The molecule has 0 atom stereocenters. The average Bonchev–Trinajstić information content (AvgIpc) is 3.15. The first-order chi connectivity index (χ1) is 17.0. The Balaban J connectivity index is 1.52. The van der Waals surface area contributed by atoms with Crippen LogP contribution >= 0.6 is 0 Å². The Labute approximate surface area is 208 Å². The lowest BCUT2D eigenvalue weighted by Gasteiger charge is -2.22. The van der Waals surface area contributed by atoms with Crippen LogP contribution in [0.25, 0.3) is 44.8 Å². The average molecular weight is 452 g/mol. The normalized spacial score (nSPS) is 13.3. The van der Waals surface area contributed by atoms with Gasteiger partial charge in [-0.05, 0) is 63.6 Å². The highest BCUT2D eigenvalue weighted by Crippen LogP contribution is 2.50. The summed E-state index contributed by atoms with van der Waals surface area (Å²) in [5, 5.41) is 0. The van der Waals surface area contributed by atoms with Crippen molar-refractivity contribution in [1.29, 1.82) is 0 Å². The number of hydrogen-bond acceptors (Lipinski definition) is 1. The van der Waals surface area contributed by atoms with Crippen LogP contribution in [0.2, 0.25) is 0 Å². The number of aromatic nitrogens is 1. The minimum absolute atomic E-state index is 0.0366. The van der Waals surface area contributed by atoms with Crippen LogP contribution in [0.5, 0.6) is 0 Å². The number of benzene rings is 4. The molecular formula is C34H29N. The van der Waals surface area contributed by atoms with Crippen LogP contribution in [-0.2, 0) is 11.8 Å². The Hall–Kier alpha value is -3.97. The first-order valence-electron chi connectivity index (χ1n) is 12.5. The Bertz CT molecular complexity index is 1470. The quantitative estimate of drug-likeness (QED) is 0.266. The summed E-state index contributed by atoms with van der Waals surface area (Å²) >= 11 is 0. The Morgan fingerprint density at radius 2 is 1.11 bits per heavy atom. The predicted octanol–water partition coefficient (Wildman–Crippen LogP) is 8.95. The SMILES string of the molecule is CCc1ccc2c(c1)C(C)(C)c1cc(-c3cc(-c4ccccc4)cc(-c4ccccc4)n3)ccc1-2. The third kappa shape index (κ3) is 3.68. The summed E-state index contributed by atoms with van der Waals surface area (Å²) in [7, 11) is 0. The molecule has 1 heterocycles. The fraction of sp³-hybridized carbons (Fsp3) is 0.147. The van der Waals surface area contributed by atoms with Crippen molar-refractivity contribution < 1.29 is 0 Å². The molecule has 170 valence electrons. The maximum Gasteiger partial charge on any atom is 0.0715 e. The van der Waals surface area contributed by atoms with Crippen molar-refractivity contribution in [2.24, 2.45) is 0 Å².